The van der Waals surface area contributed by atoms with Crippen LogP contribution in [0.3, 0.4) is 0 Å². The third-order valence-electron chi connectivity index (χ3n) is 5.99. The summed E-state index contributed by atoms with van der Waals surface area (Å²) in [7, 11) is 0. The van der Waals surface area contributed by atoms with Crippen LogP contribution in [0.25, 0.3) is 11.1 Å². The zero-order valence-corrected chi connectivity index (χ0v) is 19.1. The third-order valence-corrected chi connectivity index (χ3v) is 5.99. The number of carbonyl (C=O) groups is 3. The van der Waals surface area contributed by atoms with E-state index >= 15 is 0 Å². The molecular weight excluding hydrogens is 414 g/mol. The molecule has 1 atom stereocenters. The third kappa shape index (κ3) is 4.87. The number of esters is 1. The van der Waals surface area contributed by atoms with Crippen molar-refractivity contribution in [2.45, 2.75) is 33.2 Å². The SMILES string of the molecule is Cc1ccc(C(=O)N[C@@H](C(=O)OCC(=O)c2ccc3c(c2)-c2ccccc2C3)C(C)C)cc1. The molecular formula is C28H27NO4. The van der Waals surface area contributed by atoms with Gasteiger partial charge in [0.15, 0.2) is 12.4 Å². The lowest BCUT2D eigenvalue weighted by molar-refractivity contribution is -0.145. The molecule has 0 saturated carbocycles. The number of ether oxygens (including phenoxy) is 1. The van der Waals surface area contributed by atoms with Gasteiger partial charge in [-0.25, -0.2) is 4.79 Å². The van der Waals surface area contributed by atoms with Crippen molar-refractivity contribution in [2.75, 3.05) is 6.61 Å². The number of Topliss-reactive ketones (excluding diaryl/α,β-unsaturated/α-hetero) is 1. The molecule has 3 aromatic carbocycles. The summed E-state index contributed by atoms with van der Waals surface area (Å²) >= 11 is 0. The van der Waals surface area contributed by atoms with Crippen molar-refractivity contribution in [1.82, 2.24) is 5.32 Å². The molecule has 168 valence electrons. The van der Waals surface area contributed by atoms with Crippen molar-refractivity contribution in [3.8, 4) is 11.1 Å². The molecule has 1 aliphatic carbocycles. The number of rotatable bonds is 7. The second-order valence-electron chi connectivity index (χ2n) is 8.80. The van der Waals surface area contributed by atoms with E-state index in [1.165, 1.54) is 11.1 Å². The summed E-state index contributed by atoms with van der Waals surface area (Å²) < 4.78 is 5.32. The molecule has 0 spiro atoms. The normalized spacial score (nSPS) is 12.6. The Labute approximate surface area is 193 Å². The summed E-state index contributed by atoms with van der Waals surface area (Å²) in [6.07, 6.45) is 0.853. The van der Waals surface area contributed by atoms with Crippen molar-refractivity contribution < 1.29 is 19.1 Å². The number of hydrogen-bond acceptors (Lipinski definition) is 4. The van der Waals surface area contributed by atoms with Gasteiger partial charge in [-0.05, 0) is 59.7 Å². The van der Waals surface area contributed by atoms with Gasteiger partial charge in [0.1, 0.15) is 6.04 Å². The molecule has 4 rings (SSSR count). The summed E-state index contributed by atoms with van der Waals surface area (Å²) in [6.45, 7) is 5.21. The molecule has 0 bridgehead atoms. The van der Waals surface area contributed by atoms with Gasteiger partial charge in [-0.2, -0.15) is 0 Å². The molecule has 33 heavy (non-hydrogen) atoms. The monoisotopic (exact) mass is 441 g/mol. The van der Waals surface area contributed by atoms with Crippen molar-refractivity contribution in [1.29, 1.82) is 0 Å². The predicted molar refractivity (Wildman–Crippen MR) is 127 cm³/mol. The fourth-order valence-corrected chi connectivity index (χ4v) is 4.03. The molecule has 0 radical (unpaired) electrons. The van der Waals surface area contributed by atoms with Crippen molar-refractivity contribution in [3.05, 3.63) is 94.5 Å². The molecule has 5 heteroatoms. The first kappa shape index (κ1) is 22.5. The zero-order chi connectivity index (χ0) is 23.5. The minimum Gasteiger partial charge on any atom is -0.456 e. The summed E-state index contributed by atoms with van der Waals surface area (Å²) in [4.78, 5) is 38.0. The zero-order valence-electron chi connectivity index (χ0n) is 19.1. The highest BCUT2D eigenvalue weighted by atomic mass is 16.5. The van der Waals surface area contributed by atoms with Gasteiger partial charge in [-0.1, -0.05) is 67.9 Å². The molecule has 0 aromatic heterocycles. The largest absolute Gasteiger partial charge is 0.456 e. The maximum atomic E-state index is 12.8. The van der Waals surface area contributed by atoms with Crippen LogP contribution in [0.15, 0.2) is 66.7 Å². The van der Waals surface area contributed by atoms with Crippen LogP contribution in [0.1, 0.15) is 51.3 Å². The Morgan fingerprint density at radius 1 is 0.879 bits per heavy atom. The van der Waals surface area contributed by atoms with E-state index in [9.17, 15) is 14.4 Å². The van der Waals surface area contributed by atoms with Gasteiger partial charge >= 0.3 is 5.97 Å². The van der Waals surface area contributed by atoms with Gasteiger partial charge in [-0.3, -0.25) is 9.59 Å². The highest BCUT2D eigenvalue weighted by Crippen LogP contribution is 2.36. The van der Waals surface area contributed by atoms with Crippen molar-refractivity contribution >= 4 is 17.7 Å². The minimum atomic E-state index is -0.849. The molecule has 0 saturated heterocycles. The van der Waals surface area contributed by atoms with Gasteiger partial charge < -0.3 is 10.1 Å². The first-order valence-corrected chi connectivity index (χ1v) is 11.1. The lowest BCUT2D eigenvalue weighted by atomic mass is 10.0. The van der Waals surface area contributed by atoms with Crippen LogP contribution in [-0.2, 0) is 16.0 Å². The highest BCUT2D eigenvalue weighted by Gasteiger charge is 2.27. The molecule has 0 aliphatic heterocycles. The predicted octanol–water partition coefficient (Wildman–Crippen LogP) is 4.75. The highest BCUT2D eigenvalue weighted by molar-refractivity contribution is 6.00. The van der Waals surface area contributed by atoms with Crippen LogP contribution in [-0.4, -0.2) is 30.3 Å². The Morgan fingerprint density at radius 3 is 2.27 bits per heavy atom. The van der Waals surface area contributed by atoms with E-state index in [0.717, 1.165) is 23.1 Å². The summed E-state index contributed by atoms with van der Waals surface area (Å²) in [5.41, 5.74) is 6.62. The first-order chi connectivity index (χ1) is 15.8. The second kappa shape index (κ2) is 9.41. The molecule has 0 heterocycles. The second-order valence-corrected chi connectivity index (χ2v) is 8.80. The van der Waals surface area contributed by atoms with E-state index in [2.05, 4.69) is 17.4 Å². The number of carbonyl (C=O) groups excluding carboxylic acids is 3. The number of amides is 1. The molecule has 0 fully saturated rings. The van der Waals surface area contributed by atoms with E-state index in [0.29, 0.717) is 11.1 Å². The molecule has 0 unspecified atom stereocenters. The molecule has 5 nitrogen and oxygen atoms in total. The van der Waals surface area contributed by atoms with Gasteiger partial charge in [0.2, 0.25) is 0 Å². The summed E-state index contributed by atoms with van der Waals surface area (Å²) in [6, 6.07) is 20.0. The maximum Gasteiger partial charge on any atom is 0.329 e. The van der Waals surface area contributed by atoms with Crippen LogP contribution >= 0.6 is 0 Å². The summed E-state index contributed by atoms with van der Waals surface area (Å²) in [5.74, 6) is -1.44. The molecule has 1 N–H and O–H groups in total. The van der Waals surface area contributed by atoms with E-state index in [-0.39, 0.29) is 24.2 Å². The lowest BCUT2D eigenvalue weighted by Gasteiger charge is -2.21. The quantitative estimate of drug-likeness (QED) is 0.332. The van der Waals surface area contributed by atoms with Crippen LogP contribution in [0.4, 0.5) is 0 Å². The van der Waals surface area contributed by atoms with Gasteiger partial charge in [0, 0.05) is 11.1 Å². The number of ketones is 1. The van der Waals surface area contributed by atoms with Crippen LogP contribution in [0.5, 0.6) is 0 Å². The Bertz CT molecular complexity index is 1210. The number of aryl methyl sites for hydroxylation is 1. The molecule has 3 aromatic rings. The number of fused-ring (bicyclic) bond motifs is 3. The first-order valence-electron chi connectivity index (χ1n) is 11.1. The summed E-state index contributed by atoms with van der Waals surface area (Å²) in [5, 5.41) is 2.74. The number of nitrogens with one attached hydrogen (secondary N) is 1. The van der Waals surface area contributed by atoms with Gasteiger partial charge in [0.05, 0.1) is 0 Å². The standard InChI is InChI=1S/C28H27NO4/c1-17(2)26(29-27(31)19-10-8-18(3)9-11-19)28(32)33-16-25(30)22-13-12-21-14-20-6-4-5-7-23(20)24(21)15-22/h4-13,15,17,26H,14,16H2,1-3H3,(H,29,31)/t26-/m1/s1. The fraction of sp³-hybridized carbons (Fsp3) is 0.250. The van der Waals surface area contributed by atoms with Gasteiger partial charge in [-0.15, -0.1) is 0 Å². The smallest absolute Gasteiger partial charge is 0.329 e. The minimum absolute atomic E-state index is 0.196. The van der Waals surface area contributed by atoms with Crippen LogP contribution in [0.2, 0.25) is 0 Å². The van der Waals surface area contributed by atoms with Gasteiger partial charge in [0.25, 0.3) is 5.91 Å². The average Bonchev–Trinajstić information content (AvgIpc) is 3.18. The Balaban J connectivity index is 1.40. The van der Waals surface area contributed by atoms with E-state index in [1.54, 1.807) is 18.2 Å². The Morgan fingerprint density at radius 2 is 1.55 bits per heavy atom. The van der Waals surface area contributed by atoms with Crippen molar-refractivity contribution in [3.63, 3.8) is 0 Å². The van der Waals surface area contributed by atoms with E-state index < -0.39 is 12.0 Å². The lowest BCUT2D eigenvalue weighted by Crippen LogP contribution is -2.45. The Kier molecular flexibility index (Phi) is 6.40. The van der Waals surface area contributed by atoms with E-state index in [1.807, 2.05) is 57.2 Å². The van der Waals surface area contributed by atoms with E-state index in [4.69, 9.17) is 4.74 Å². The Hall–Kier alpha value is -3.73. The maximum absolute atomic E-state index is 12.8. The fourth-order valence-electron chi connectivity index (χ4n) is 4.03. The van der Waals surface area contributed by atoms with Crippen molar-refractivity contribution in [2.24, 2.45) is 5.92 Å². The molecule has 1 aliphatic rings. The average molecular weight is 442 g/mol. The number of hydrogen-bond donors (Lipinski definition) is 1. The molecule has 1 amide bonds. The number of benzene rings is 3. The van der Waals surface area contributed by atoms with Crippen LogP contribution in [0, 0.1) is 12.8 Å². The van der Waals surface area contributed by atoms with Crippen LogP contribution < -0.4 is 5.32 Å². The topological polar surface area (TPSA) is 72.5 Å².